The number of amides is 2. The Morgan fingerprint density at radius 3 is 2.22 bits per heavy atom. The molecule has 2 saturated heterocycles. The molecule has 0 bridgehead atoms. The molecule has 23 heavy (non-hydrogen) atoms. The van der Waals surface area contributed by atoms with Crippen molar-refractivity contribution >= 4 is 35.0 Å². The third-order valence-corrected chi connectivity index (χ3v) is 5.09. The number of nitrogens with zero attached hydrogens (tertiary/aromatic N) is 2. The van der Waals surface area contributed by atoms with E-state index in [0.29, 0.717) is 41.8 Å². The van der Waals surface area contributed by atoms with Gasteiger partial charge in [-0.3, -0.25) is 9.59 Å². The molecule has 1 aromatic carbocycles. The molecule has 2 amide bonds. The zero-order valence-electron chi connectivity index (χ0n) is 12.7. The van der Waals surface area contributed by atoms with E-state index in [4.69, 9.17) is 23.2 Å². The van der Waals surface area contributed by atoms with Crippen molar-refractivity contribution in [1.29, 1.82) is 0 Å². The van der Waals surface area contributed by atoms with Gasteiger partial charge in [-0.15, -0.1) is 0 Å². The maximum Gasteiger partial charge on any atom is 0.257 e. The lowest BCUT2D eigenvalue weighted by Crippen LogP contribution is -2.52. The van der Waals surface area contributed by atoms with Crippen LogP contribution in [0.1, 0.15) is 16.8 Å². The number of halogens is 2. The molecule has 1 atom stereocenters. The highest BCUT2D eigenvalue weighted by Crippen LogP contribution is 2.26. The molecule has 3 rings (SSSR count). The monoisotopic (exact) mass is 355 g/mol. The lowest BCUT2D eigenvalue weighted by Gasteiger charge is -2.36. The van der Waals surface area contributed by atoms with E-state index in [-0.39, 0.29) is 17.7 Å². The maximum atomic E-state index is 12.6. The molecule has 0 aromatic heterocycles. The third kappa shape index (κ3) is 3.47. The van der Waals surface area contributed by atoms with E-state index in [1.54, 1.807) is 23.1 Å². The maximum absolute atomic E-state index is 12.6. The van der Waals surface area contributed by atoms with Crippen LogP contribution >= 0.6 is 23.2 Å². The van der Waals surface area contributed by atoms with Gasteiger partial charge in [0.25, 0.3) is 5.91 Å². The molecule has 124 valence electrons. The number of benzene rings is 1. The van der Waals surface area contributed by atoms with Crippen LogP contribution in [0.5, 0.6) is 0 Å². The Kier molecular flexibility index (Phi) is 5.09. The molecule has 2 fully saturated rings. The second-order valence-electron chi connectivity index (χ2n) is 5.90. The van der Waals surface area contributed by atoms with E-state index >= 15 is 0 Å². The molecule has 2 aliphatic rings. The standard InChI is InChI=1S/C16H19Cl2N3O2/c17-12-2-1-3-13(18)14(12)16(23)21-8-6-20(7-9-21)15(22)11-4-5-19-10-11/h1-3,11,19H,4-10H2. The summed E-state index contributed by atoms with van der Waals surface area (Å²) in [6, 6.07) is 5.04. The summed E-state index contributed by atoms with van der Waals surface area (Å²) in [4.78, 5) is 28.6. The fourth-order valence-electron chi connectivity index (χ4n) is 3.11. The Bertz CT molecular complexity index is 589. The predicted molar refractivity (Wildman–Crippen MR) is 89.9 cm³/mol. The van der Waals surface area contributed by atoms with Gasteiger partial charge in [0.05, 0.1) is 21.5 Å². The molecule has 7 heteroatoms. The third-order valence-electron chi connectivity index (χ3n) is 4.46. The van der Waals surface area contributed by atoms with Crippen LogP contribution in [0.4, 0.5) is 0 Å². The van der Waals surface area contributed by atoms with Crippen molar-refractivity contribution in [3.8, 4) is 0 Å². The van der Waals surface area contributed by atoms with E-state index in [1.165, 1.54) is 0 Å². The van der Waals surface area contributed by atoms with Gasteiger partial charge in [0.1, 0.15) is 0 Å². The number of rotatable bonds is 2. The number of hydrogen-bond donors (Lipinski definition) is 1. The van der Waals surface area contributed by atoms with Crippen LogP contribution < -0.4 is 5.32 Å². The summed E-state index contributed by atoms with van der Waals surface area (Å²) >= 11 is 12.2. The minimum Gasteiger partial charge on any atom is -0.339 e. The Hall–Kier alpha value is -1.30. The van der Waals surface area contributed by atoms with Gasteiger partial charge in [-0.25, -0.2) is 0 Å². The summed E-state index contributed by atoms with van der Waals surface area (Å²) < 4.78 is 0. The number of nitrogens with one attached hydrogen (secondary N) is 1. The minimum atomic E-state index is -0.171. The van der Waals surface area contributed by atoms with Crippen molar-refractivity contribution in [3.05, 3.63) is 33.8 Å². The van der Waals surface area contributed by atoms with Crippen LogP contribution in [0.3, 0.4) is 0 Å². The molecular formula is C16H19Cl2N3O2. The molecule has 0 radical (unpaired) electrons. The lowest BCUT2D eigenvalue weighted by atomic mass is 10.1. The predicted octanol–water partition coefficient (Wildman–Crippen LogP) is 1.89. The fourth-order valence-corrected chi connectivity index (χ4v) is 3.67. The Morgan fingerprint density at radius 2 is 1.65 bits per heavy atom. The topological polar surface area (TPSA) is 52.7 Å². The average Bonchev–Trinajstić information content (AvgIpc) is 3.08. The summed E-state index contributed by atoms with van der Waals surface area (Å²) in [6.45, 7) is 3.79. The molecule has 1 aromatic rings. The van der Waals surface area contributed by atoms with Crippen LogP contribution in [0, 0.1) is 5.92 Å². The van der Waals surface area contributed by atoms with Crippen LogP contribution in [-0.4, -0.2) is 60.9 Å². The first-order chi connectivity index (χ1) is 11.1. The van der Waals surface area contributed by atoms with Gasteiger partial charge in [-0.05, 0) is 25.1 Å². The zero-order chi connectivity index (χ0) is 16.4. The van der Waals surface area contributed by atoms with E-state index < -0.39 is 0 Å². The highest BCUT2D eigenvalue weighted by atomic mass is 35.5. The summed E-state index contributed by atoms with van der Waals surface area (Å²) in [5.41, 5.74) is 0.343. The molecule has 1 unspecified atom stereocenters. The zero-order valence-corrected chi connectivity index (χ0v) is 14.2. The van der Waals surface area contributed by atoms with E-state index in [0.717, 1.165) is 19.5 Å². The van der Waals surface area contributed by atoms with Crippen LogP contribution in [0.25, 0.3) is 0 Å². The van der Waals surface area contributed by atoms with Crippen molar-refractivity contribution in [1.82, 2.24) is 15.1 Å². The molecule has 0 aliphatic carbocycles. The quantitative estimate of drug-likeness (QED) is 0.881. The number of piperazine rings is 1. The molecule has 1 N–H and O–H groups in total. The minimum absolute atomic E-state index is 0.0789. The summed E-state index contributed by atoms with van der Waals surface area (Å²) in [7, 11) is 0. The van der Waals surface area contributed by atoms with E-state index in [2.05, 4.69) is 5.32 Å². The highest BCUT2D eigenvalue weighted by molar-refractivity contribution is 6.39. The number of carbonyl (C=O) groups is 2. The second kappa shape index (κ2) is 7.07. The largest absolute Gasteiger partial charge is 0.339 e. The smallest absolute Gasteiger partial charge is 0.257 e. The summed E-state index contributed by atoms with van der Waals surface area (Å²) in [6.07, 6.45) is 0.896. The van der Waals surface area contributed by atoms with Gasteiger partial charge in [0, 0.05) is 32.7 Å². The van der Waals surface area contributed by atoms with Crippen LogP contribution in [-0.2, 0) is 4.79 Å². The molecular weight excluding hydrogens is 337 g/mol. The Balaban J connectivity index is 1.62. The van der Waals surface area contributed by atoms with Crippen LogP contribution in [0.15, 0.2) is 18.2 Å². The van der Waals surface area contributed by atoms with Crippen molar-refractivity contribution in [3.63, 3.8) is 0 Å². The number of carbonyl (C=O) groups excluding carboxylic acids is 2. The van der Waals surface area contributed by atoms with Gasteiger partial charge in [0.15, 0.2) is 0 Å². The molecule has 0 spiro atoms. The van der Waals surface area contributed by atoms with Crippen molar-refractivity contribution < 1.29 is 9.59 Å². The first kappa shape index (κ1) is 16.6. The van der Waals surface area contributed by atoms with Gasteiger partial charge in [-0.1, -0.05) is 29.3 Å². The van der Waals surface area contributed by atoms with Crippen molar-refractivity contribution in [2.75, 3.05) is 39.3 Å². The van der Waals surface area contributed by atoms with Gasteiger partial charge in [-0.2, -0.15) is 0 Å². The second-order valence-corrected chi connectivity index (χ2v) is 6.72. The van der Waals surface area contributed by atoms with E-state index in [1.807, 2.05) is 4.90 Å². The summed E-state index contributed by atoms with van der Waals surface area (Å²) in [5.74, 6) is 0.100. The van der Waals surface area contributed by atoms with Crippen molar-refractivity contribution in [2.45, 2.75) is 6.42 Å². The fraction of sp³-hybridized carbons (Fsp3) is 0.500. The van der Waals surface area contributed by atoms with E-state index in [9.17, 15) is 9.59 Å². The average molecular weight is 356 g/mol. The van der Waals surface area contributed by atoms with Crippen LogP contribution in [0.2, 0.25) is 10.0 Å². The Labute approximate surface area is 145 Å². The SMILES string of the molecule is O=C(c1c(Cl)cccc1Cl)N1CCN(C(=O)C2CCNC2)CC1. The van der Waals surface area contributed by atoms with Gasteiger partial charge < -0.3 is 15.1 Å². The summed E-state index contributed by atoms with van der Waals surface area (Å²) in [5, 5.41) is 3.93. The first-order valence-electron chi connectivity index (χ1n) is 7.80. The lowest BCUT2D eigenvalue weighted by molar-refractivity contribution is -0.136. The Morgan fingerprint density at radius 1 is 1.04 bits per heavy atom. The van der Waals surface area contributed by atoms with Gasteiger partial charge in [0.2, 0.25) is 5.91 Å². The first-order valence-corrected chi connectivity index (χ1v) is 8.56. The molecule has 2 aliphatic heterocycles. The van der Waals surface area contributed by atoms with Crippen molar-refractivity contribution in [2.24, 2.45) is 5.92 Å². The van der Waals surface area contributed by atoms with Gasteiger partial charge >= 0.3 is 0 Å². The number of hydrogen-bond acceptors (Lipinski definition) is 3. The molecule has 5 nitrogen and oxygen atoms in total. The highest BCUT2D eigenvalue weighted by Gasteiger charge is 2.31. The molecule has 2 heterocycles. The normalized spacial score (nSPS) is 21.6. The molecule has 0 saturated carbocycles.